The van der Waals surface area contributed by atoms with Gasteiger partial charge >= 0.3 is 0 Å². The lowest BCUT2D eigenvalue weighted by atomic mass is 9.84. The molecule has 0 atom stereocenters. The van der Waals surface area contributed by atoms with Gasteiger partial charge in [0.25, 0.3) is 0 Å². The SMILES string of the molecule is COc1ccc(-c2c(-c3ccc(OC)cc3)c(-c3ccc(OC)cc3)c3cc(Br)c(OC)cc3c2Br)cc1. The van der Waals surface area contributed by atoms with Crippen LogP contribution in [-0.2, 0) is 0 Å². The topological polar surface area (TPSA) is 36.9 Å². The monoisotopic (exact) mass is 632 g/mol. The van der Waals surface area contributed by atoms with Crippen LogP contribution < -0.4 is 18.9 Å². The van der Waals surface area contributed by atoms with Crippen LogP contribution in [-0.4, -0.2) is 28.4 Å². The molecule has 0 heterocycles. The summed E-state index contributed by atoms with van der Waals surface area (Å²) in [7, 11) is 6.71. The molecule has 0 fully saturated rings. The normalized spacial score (nSPS) is 10.9. The van der Waals surface area contributed by atoms with E-state index in [0.717, 1.165) is 76.1 Å². The van der Waals surface area contributed by atoms with Gasteiger partial charge in [0.2, 0.25) is 0 Å². The van der Waals surface area contributed by atoms with E-state index < -0.39 is 0 Å². The zero-order valence-electron chi connectivity index (χ0n) is 21.5. The number of ether oxygens (including phenoxy) is 4. The highest BCUT2D eigenvalue weighted by molar-refractivity contribution is 9.11. The minimum atomic E-state index is 0.761. The maximum absolute atomic E-state index is 5.69. The Morgan fingerprint density at radius 1 is 0.447 bits per heavy atom. The smallest absolute Gasteiger partial charge is 0.133 e. The van der Waals surface area contributed by atoms with Crippen LogP contribution in [0.1, 0.15) is 0 Å². The highest BCUT2D eigenvalue weighted by Gasteiger charge is 2.23. The minimum Gasteiger partial charge on any atom is -0.497 e. The van der Waals surface area contributed by atoms with E-state index in [2.05, 4.69) is 80.4 Å². The van der Waals surface area contributed by atoms with E-state index in [9.17, 15) is 0 Å². The third kappa shape index (κ3) is 4.74. The molecule has 0 aliphatic rings. The minimum absolute atomic E-state index is 0.761. The molecular weight excluding hydrogens is 608 g/mol. The lowest BCUT2D eigenvalue weighted by molar-refractivity contribution is 0.413. The Bertz CT molecular complexity index is 1590. The van der Waals surface area contributed by atoms with Crippen molar-refractivity contribution in [2.75, 3.05) is 28.4 Å². The van der Waals surface area contributed by atoms with E-state index in [-0.39, 0.29) is 0 Å². The third-order valence-electron chi connectivity index (χ3n) is 6.65. The number of hydrogen-bond acceptors (Lipinski definition) is 4. The summed E-state index contributed by atoms with van der Waals surface area (Å²) >= 11 is 7.72. The first-order valence-electron chi connectivity index (χ1n) is 11.9. The quantitative estimate of drug-likeness (QED) is 0.179. The van der Waals surface area contributed by atoms with Crippen molar-refractivity contribution < 1.29 is 18.9 Å². The van der Waals surface area contributed by atoms with Crippen molar-refractivity contribution in [2.24, 2.45) is 0 Å². The maximum Gasteiger partial charge on any atom is 0.133 e. The fourth-order valence-electron chi connectivity index (χ4n) is 4.73. The molecule has 0 radical (unpaired) electrons. The van der Waals surface area contributed by atoms with E-state index in [1.807, 2.05) is 36.4 Å². The van der Waals surface area contributed by atoms with E-state index in [4.69, 9.17) is 18.9 Å². The molecule has 6 heteroatoms. The number of methoxy groups -OCH3 is 4. The zero-order valence-corrected chi connectivity index (χ0v) is 24.6. The van der Waals surface area contributed by atoms with Crippen molar-refractivity contribution in [1.29, 1.82) is 0 Å². The van der Waals surface area contributed by atoms with Crippen LogP contribution in [0.3, 0.4) is 0 Å². The molecule has 0 saturated carbocycles. The van der Waals surface area contributed by atoms with Crippen molar-refractivity contribution >= 4 is 42.6 Å². The van der Waals surface area contributed by atoms with E-state index in [1.54, 1.807) is 28.4 Å². The fraction of sp³-hybridized carbons (Fsp3) is 0.125. The average Bonchev–Trinajstić information content (AvgIpc) is 2.97. The predicted octanol–water partition coefficient (Wildman–Crippen LogP) is 9.40. The molecule has 0 saturated heterocycles. The van der Waals surface area contributed by atoms with Gasteiger partial charge < -0.3 is 18.9 Å². The summed E-state index contributed by atoms with van der Waals surface area (Å²) in [5.41, 5.74) is 6.46. The predicted molar refractivity (Wildman–Crippen MR) is 162 cm³/mol. The summed E-state index contributed by atoms with van der Waals surface area (Å²) in [6.45, 7) is 0. The Hall–Kier alpha value is -3.48. The molecule has 192 valence electrons. The third-order valence-corrected chi connectivity index (χ3v) is 8.10. The van der Waals surface area contributed by atoms with Crippen LogP contribution in [0.2, 0.25) is 0 Å². The highest BCUT2D eigenvalue weighted by atomic mass is 79.9. The zero-order chi connectivity index (χ0) is 26.8. The van der Waals surface area contributed by atoms with Crippen LogP contribution in [0.25, 0.3) is 44.2 Å². The Labute approximate surface area is 239 Å². The lowest BCUT2D eigenvalue weighted by Gasteiger charge is -2.23. The molecule has 0 amide bonds. The summed E-state index contributed by atoms with van der Waals surface area (Å²) in [6, 6.07) is 28.7. The average molecular weight is 634 g/mol. The number of halogens is 2. The van der Waals surface area contributed by atoms with Crippen LogP contribution in [0, 0.1) is 0 Å². The van der Waals surface area contributed by atoms with Gasteiger partial charge in [-0.05, 0) is 114 Å². The molecule has 5 aromatic carbocycles. The van der Waals surface area contributed by atoms with Crippen molar-refractivity contribution in [2.45, 2.75) is 0 Å². The Morgan fingerprint density at radius 2 is 0.868 bits per heavy atom. The molecule has 38 heavy (non-hydrogen) atoms. The molecule has 5 aromatic rings. The second-order valence-electron chi connectivity index (χ2n) is 8.66. The second kappa shape index (κ2) is 11.1. The lowest BCUT2D eigenvalue weighted by Crippen LogP contribution is -1.97. The van der Waals surface area contributed by atoms with E-state index in [0.29, 0.717) is 0 Å². The molecule has 0 N–H and O–H groups in total. The van der Waals surface area contributed by atoms with Crippen molar-refractivity contribution in [3.63, 3.8) is 0 Å². The van der Waals surface area contributed by atoms with E-state index >= 15 is 0 Å². The molecule has 0 aromatic heterocycles. The molecule has 0 aliphatic carbocycles. The summed E-state index contributed by atoms with van der Waals surface area (Å²) in [6.07, 6.45) is 0. The molecule has 5 rings (SSSR count). The maximum atomic E-state index is 5.69. The van der Waals surface area contributed by atoms with Gasteiger partial charge in [-0.15, -0.1) is 0 Å². The largest absolute Gasteiger partial charge is 0.497 e. The summed E-state index contributed by atoms with van der Waals surface area (Å²) in [5, 5.41) is 2.12. The van der Waals surface area contributed by atoms with Crippen molar-refractivity contribution in [1.82, 2.24) is 0 Å². The van der Waals surface area contributed by atoms with Gasteiger partial charge in [-0.2, -0.15) is 0 Å². The van der Waals surface area contributed by atoms with Gasteiger partial charge in [0.1, 0.15) is 23.0 Å². The molecule has 0 aliphatic heterocycles. The van der Waals surface area contributed by atoms with Crippen molar-refractivity contribution in [3.8, 4) is 56.4 Å². The van der Waals surface area contributed by atoms with E-state index in [1.165, 1.54) is 0 Å². The molecule has 0 unspecified atom stereocenters. The Balaban J connectivity index is 1.96. The van der Waals surface area contributed by atoms with Gasteiger partial charge in [0.05, 0.1) is 32.9 Å². The first-order chi connectivity index (χ1) is 18.5. The van der Waals surface area contributed by atoms with Crippen LogP contribution >= 0.6 is 31.9 Å². The fourth-order valence-corrected chi connectivity index (χ4v) is 6.00. The van der Waals surface area contributed by atoms with Gasteiger partial charge in [-0.3, -0.25) is 0 Å². The van der Waals surface area contributed by atoms with Gasteiger partial charge in [0, 0.05) is 15.4 Å². The van der Waals surface area contributed by atoms with Gasteiger partial charge in [-0.25, -0.2) is 0 Å². The number of rotatable bonds is 7. The molecule has 0 bridgehead atoms. The molecular formula is C32H26Br2O4. The summed E-state index contributed by atoms with van der Waals surface area (Å²) < 4.78 is 23.9. The van der Waals surface area contributed by atoms with Gasteiger partial charge in [0.15, 0.2) is 0 Å². The van der Waals surface area contributed by atoms with Crippen LogP contribution in [0.5, 0.6) is 23.0 Å². The van der Waals surface area contributed by atoms with Crippen LogP contribution in [0.15, 0.2) is 93.9 Å². The summed E-state index contributed by atoms with van der Waals surface area (Å²) in [5.74, 6) is 3.17. The standard InChI is InChI=1S/C32H26Br2O4/c1-35-22-11-5-19(6-12-22)29-25-17-27(33)28(38-4)18-26(25)32(34)31(21-9-15-24(37-3)16-10-21)30(29)20-7-13-23(36-2)14-8-20/h5-18H,1-4H3. The summed E-state index contributed by atoms with van der Waals surface area (Å²) in [4.78, 5) is 0. The van der Waals surface area contributed by atoms with Gasteiger partial charge in [-0.1, -0.05) is 36.4 Å². The molecule has 4 nitrogen and oxygen atoms in total. The Morgan fingerprint density at radius 3 is 1.29 bits per heavy atom. The number of hydrogen-bond donors (Lipinski definition) is 0. The number of fused-ring (bicyclic) bond motifs is 1. The first kappa shape index (κ1) is 26.1. The van der Waals surface area contributed by atoms with Crippen molar-refractivity contribution in [3.05, 3.63) is 93.9 Å². The Kier molecular flexibility index (Phi) is 7.63. The highest BCUT2D eigenvalue weighted by Crippen LogP contribution is 2.51. The van der Waals surface area contributed by atoms with Crippen LogP contribution in [0.4, 0.5) is 0 Å². The second-order valence-corrected chi connectivity index (χ2v) is 10.3. The number of benzene rings is 5. The molecule has 0 spiro atoms. The first-order valence-corrected chi connectivity index (χ1v) is 13.5.